The van der Waals surface area contributed by atoms with E-state index >= 15 is 0 Å². The van der Waals surface area contributed by atoms with Crippen LogP contribution in [0.1, 0.15) is 44.9 Å². The van der Waals surface area contributed by atoms with Crippen LogP contribution in [0, 0.1) is 12.8 Å². The largest absolute Gasteiger partial charge is 0.394 e. The molecule has 1 heterocycles. The van der Waals surface area contributed by atoms with Crippen molar-refractivity contribution >= 4 is 23.3 Å². The smallest absolute Gasteiger partial charge is 0.170 e. The molecule has 0 saturated heterocycles. The summed E-state index contributed by atoms with van der Waals surface area (Å²) >= 11 is 3.29. The molecule has 0 spiro atoms. The first kappa shape index (κ1) is 16.2. The third-order valence-electron chi connectivity index (χ3n) is 4.17. The summed E-state index contributed by atoms with van der Waals surface area (Å²) in [7, 11) is 0. The second kappa shape index (κ2) is 7.73. The van der Waals surface area contributed by atoms with Gasteiger partial charge in [0.15, 0.2) is 4.34 Å². The van der Waals surface area contributed by atoms with Crippen molar-refractivity contribution in [2.45, 2.75) is 55.8 Å². The van der Waals surface area contributed by atoms with Gasteiger partial charge >= 0.3 is 0 Å². The third-order valence-corrected chi connectivity index (χ3v) is 6.13. The van der Waals surface area contributed by atoms with E-state index in [-0.39, 0.29) is 12.1 Å². The van der Waals surface area contributed by atoms with Gasteiger partial charge in [0.25, 0.3) is 0 Å². The number of aliphatic hydroxyl groups is 1. The van der Waals surface area contributed by atoms with Crippen molar-refractivity contribution in [3.05, 3.63) is 5.82 Å². The molecule has 20 heavy (non-hydrogen) atoms. The van der Waals surface area contributed by atoms with Gasteiger partial charge < -0.3 is 10.4 Å². The Labute approximate surface area is 129 Å². The lowest BCUT2D eigenvalue weighted by atomic mass is 9.85. The Hall–Kier alpha value is -0.170. The number of nitrogens with one attached hydrogen (secondary N) is 1. The monoisotopic (exact) mass is 315 g/mol. The summed E-state index contributed by atoms with van der Waals surface area (Å²) in [5.74, 6) is 2.52. The van der Waals surface area contributed by atoms with Crippen LogP contribution in [-0.2, 0) is 0 Å². The van der Waals surface area contributed by atoms with E-state index in [9.17, 15) is 5.11 Å². The minimum absolute atomic E-state index is 0.0341. The van der Waals surface area contributed by atoms with Crippen LogP contribution in [0.25, 0.3) is 0 Å². The number of rotatable bonds is 8. The second-order valence-electron chi connectivity index (χ2n) is 5.57. The maximum Gasteiger partial charge on any atom is 0.170 e. The van der Waals surface area contributed by atoms with Crippen LogP contribution in [-0.4, -0.2) is 38.9 Å². The van der Waals surface area contributed by atoms with Crippen molar-refractivity contribution in [2.75, 3.05) is 18.9 Å². The minimum atomic E-state index is -0.0341. The van der Waals surface area contributed by atoms with E-state index in [1.54, 1.807) is 11.8 Å². The fourth-order valence-corrected chi connectivity index (χ4v) is 4.83. The zero-order valence-corrected chi connectivity index (χ0v) is 14.0. The summed E-state index contributed by atoms with van der Waals surface area (Å²) in [6, 6.07) is 0. The second-order valence-corrected chi connectivity index (χ2v) is 7.67. The van der Waals surface area contributed by atoms with Gasteiger partial charge in [-0.2, -0.15) is 4.37 Å². The van der Waals surface area contributed by atoms with Gasteiger partial charge in [0.1, 0.15) is 5.82 Å². The number of aryl methyl sites for hydroxylation is 1. The molecule has 0 aliphatic heterocycles. The minimum Gasteiger partial charge on any atom is -0.394 e. The Bertz CT molecular complexity index is 413. The predicted molar refractivity (Wildman–Crippen MR) is 85.4 cm³/mol. The number of aromatic nitrogens is 2. The van der Waals surface area contributed by atoms with E-state index < -0.39 is 0 Å². The first-order valence-electron chi connectivity index (χ1n) is 7.49. The molecule has 0 aromatic carbocycles. The molecule has 1 saturated carbocycles. The summed E-state index contributed by atoms with van der Waals surface area (Å²) < 4.78 is 5.28. The van der Waals surface area contributed by atoms with Crippen LogP contribution >= 0.6 is 23.3 Å². The summed E-state index contributed by atoms with van der Waals surface area (Å²) in [5, 5.41) is 13.5. The first-order chi connectivity index (χ1) is 9.70. The molecule has 1 aliphatic rings. The quantitative estimate of drug-likeness (QED) is 0.722. The van der Waals surface area contributed by atoms with Crippen molar-refractivity contribution in [1.82, 2.24) is 14.7 Å². The van der Waals surface area contributed by atoms with Crippen LogP contribution in [0.15, 0.2) is 4.34 Å². The molecule has 1 fully saturated rings. The zero-order chi connectivity index (χ0) is 14.4. The Morgan fingerprint density at radius 2 is 2.40 bits per heavy atom. The van der Waals surface area contributed by atoms with E-state index in [1.165, 1.54) is 24.4 Å². The molecule has 6 heteroatoms. The number of thioether (sulfide) groups is 1. The van der Waals surface area contributed by atoms with Crippen molar-refractivity contribution in [1.29, 1.82) is 0 Å². The van der Waals surface area contributed by atoms with Gasteiger partial charge in [-0.15, -0.1) is 0 Å². The molecular weight excluding hydrogens is 290 g/mol. The van der Waals surface area contributed by atoms with Crippen LogP contribution < -0.4 is 5.32 Å². The van der Waals surface area contributed by atoms with E-state index in [1.807, 2.05) is 6.92 Å². The Kier molecular flexibility index (Phi) is 6.26. The molecular formula is C14H25N3OS2. The van der Waals surface area contributed by atoms with Crippen LogP contribution in [0.3, 0.4) is 0 Å². The number of hydrogen-bond acceptors (Lipinski definition) is 6. The summed E-state index contributed by atoms with van der Waals surface area (Å²) in [6.07, 6.45) is 5.82. The molecule has 4 nitrogen and oxygen atoms in total. The molecule has 2 N–H and O–H groups in total. The molecule has 0 bridgehead atoms. The average Bonchev–Trinajstić information content (AvgIpc) is 3.04. The molecule has 0 amide bonds. The predicted octanol–water partition coefficient (Wildman–Crippen LogP) is 2.86. The van der Waals surface area contributed by atoms with Crippen molar-refractivity contribution in [3.8, 4) is 0 Å². The third kappa shape index (κ3) is 3.93. The summed E-state index contributed by atoms with van der Waals surface area (Å²) in [5.41, 5.74) is -0.0341. The molecule has 1 aromatic heterocycles. The molecule has 0 radical (unpaired) electrons. The molecule has 2 atom stereocenters. The number of hydrogen-bond donors (Lipinski definition) is 2. The SMILES string of the molecule is CCCNC1(CO)CCCC1CCSc1nc(C)ns1. The molecule has 2 unspecified atom stereocenters. The van der Waals surface area contributed by atoms with Gasteiger partial charge in [0.2, 0.25) is 0 Å². The van der Waals surface area contributed by atoms with E-state index in [0.717, 1.165) is 41.7 Å². The van der Waals surface area contributed by atoms with Crippen molar-refractivity contribution < 1.29 is 5.11 Å². The lowest BCUT2D eigenvalue weighted by Crippen LogP contribution is -2.51. The van der Waals surface area contributed by atoms with Gasteiger partial charge in [-0.05, 0) is 56.6 Å². The standard InChI is InChI=1S/C14H25N3OS2/c1-3-8-15-14(10-18)7-4-5-12(14)6-9-19-13-16-11(2)17-20-13/h12,15,18H,3-10H2,1-2H3. The van der Waals surface area contributed by atoms with Gasteiger partial charge in [-0.1, -0.05) is 25.1 Å². The Morgan fingerprint density at radius 3 is 3.05 bits per heavy atom. The van der Waals surface area contributed by atoms with Crippen LogP contribution in [0.4, 0.5) is 0 Å². The normalized spacial score (nSPS) is 26.2. The number of nitrogens with zero attached hydrogens (tertiary/aromatic N) is 2. The summed E-state index contributed by atoms with van der Waals surface area (Å²) in [6.45, 7) is 5.37. The van der Waals surface area contributed by atoms with Crippen molar-refractivity contribution in [3.63, 3.8) is 0 Å². The topological polar surface area (TPSA) is 58.0 Å². The fourth-order valence-electron chi connectivity index (χ4n) is 3.06. The first-order valence-corrected chi connectivity index (χ1v) is 9.25. The summed E-state index contributed by atoms with van der Waals surface area (Å²) in [4.78, 5) is 4.39. The molecule has 1 aliphatic carbocycles. The van der Waals surface area contributed by atoms with Crippen molar-refractivity contribution in [2.24, 2.45) is 5.92 Å². The van der Waals surface area contributed by atoms with Gasteiger partial charge in [-0.25, -0.2) is 4.98 Å². The van der Waals surface area contributed by atoms with Gasteiger partial charge in [0, 0.05) is 11.3 Å². The molecule has 1 aromatic rings. The van der Waals surface area contributed by atoms with Gasteiger partial charge in [0.05, 0.1) is 6.61 Å². The lowest BCUT2D eigenvalue weighted by Gasteiger charge is -2.35. The highest BCUT2D eigenvalue weighted by Gasteiger charge is 2.41. The Morgan fingerprint density at radius 1 is 1.55 bits per heavy atom. The molecule has 114 valence electrons. The highest BCUT2D eigenvalue weighted by Crippen LogP contribution is 2.39. The maximum absolute atomic E-state index is 9.84. The van der Waals surface area contributed by atoms with E-state index in [2.05, 4.69) is 21.6 Å². The van der Waals surface area contributed by atoms with Crippen LogP contribution in [0.5, 0.6) is 0 Å². The van der Waals surface area contributed by atoms with Gasteiger partial charge in [-0.3, -0.25) is 0 Å². The average molecular weight is 316 g/mol. The fraction of sp³-hybridized carbons (Fsp3) is 0.857. The number of aliphatic hydroxyl groups excluding tert-OH is 1. The van der Waals surface area contributed by atoms with E-state index in [4.69, 9.17) is 0 Å². The Balaban J connectivity index is 1.83. The maximum atomic E-state index is 9.84. The zero-order valence-electron chi connectivity index (χ0n) is 12.4. The lowest BCUT2D eigenvalue weighted by molar-refractivity contribution is 0.122. The highest BCUT2D eigenvalue weighted by atomic mass is 32.2. The van der Waals surface area contributed by atoms with E-state index in [0.29, 0.717) is 5.92 Å². The molecule has 2 rings (SSSR count). The van der Waals surface area contributed by atoms with Crippen LogP contribution in [0.2, 0.25) is 0 Å². The highest BCUT2D eigenvalue weighted by molar-refractivity contribution is 8.00.